The number of amides is 1. The number of nitrogens with one attached hydrogen (secondary N) is 2. The molecule has 2 N–H and O–H groups in total. The molecule has 21 heavy (non-hydrogen) atoms. The number of anilines is 1. The fourth-order valence-electron chi connectivity index (χ4n) is 1.61. The number of hydrogen-bond donors (Lipinski definition) is 2. The second-order valence-corrected chi connectivity index (χ2v) is 4.72. The van der Waals surface area contributed by atoms with Crippen molar-refractivity contribution in [3.63, 3.8) is 0 Å². The number of rotatable bonds is 6. The zero-order valence-electron chi connectivity index (χ0n) is 11.9. The van der Waals surface area contributed by atoms with Crippen molar-refractivity contribution in [3.05, 3.63) is 23.8 Å². The summed E-state index contributed by atoms with van der Waals surface area (Å²) in [5.74, 6) is -1.09. The van der Waals surface area contributed by atoms with Gasteiger partial charge in [-0.25, -0.2) is 0 Å². The van der Waals surface area contributed by atoms with Crippen LogP contribution in [0.4, 0.5) is 5.69 Å². The Morgan fingerprint density at radius 3 is 2.67 bits per heavy atom. The van der Waals surface area contributed by atoms with E-state index in [4.69, 9.17) is 17.0 Å². The smallest absolute Gasteiger partial charge is 0.226 e. The molecule has 0 aliphatic rings. The molecule has 0 spiro atoms. The minimum absolute atomic E-state index is 0.0154. The Kier molecular flexibility index (Phi) is 6.61. The summed E-state index contributed by atoms with van der Waals surface area (Å²) in [5.41, 5.74) is 0.332. The quantitative estimate of drug-likeness (QED) is 0.764. The van der Waals surface area contributed by atoms with Crippen molar-refractivity contribution in [2.75, 3.05) is 12.4 Å². The Bertz CT molecular complexity index is 546. The molecular formula is C14H17N2O4S-. The second kappa shape index (κ2) is 8.21. The topological polar surface area (TPSA) is 90.5 Å². The zero-order chi connectivity index (χ0) is 15.8. The SMILES string of the molecule is CCCCC(=O)NC(=S)Nc1cc(C(=O)[O-])ccc1OC. The number of carboxylic acids is 1. The number of benzene rings is 1. The van der Waals surface area contributed by atoms with Gasteiger partial charge in [0.1, 0.15) is 5.75 Å². The molecule has 0 bridgehead atoms. The lowest BCUT2D eigenvalue weighted by molar-refractivity contribution is -0.255. The summed E-state index contributed by atoms with van der Waals surface area (Å²) in [7, 11) is 1.45. The van der Waals surface area contributed by atoms with Crippen molar-refractivity contribution in [1.82, 2.24) is 5.32 Å². The fourth-order valence-corrected chi connectivity index (χ4v) is 1.84. The maximum Gasteiger partial charge on any atom is 0.226 e. The first-order chi connectivity index (χ1) is 9.97. The van der Waals surface area contributed by atoms with Crippen molar-refractivity contribution in [3.8, 4) is 5.75 Å². The minimum Gasteiger partial charge on any atom is -0.545 e. The van der Waals surface area contributed by atoms with Gasteiger partial charge < -0.3 is 25.3 Å². The third-order valence-corrected chi connectivity index (χ3v) is 2.90. The van der Waals surface area contributed by atoms with Crippen molar-refractivity contribution in [2.45, 2.75) is 26.2 Å². The number of carbonyl (C=O) groups is 2. The van der Waals surface area contributed by atoms with Crippen LogP contribution in [0.3, 0.4) is 0 Å². The van der Waals surface area contributed by atoms with E-state index in [1.54, 1.807) is 0 Å². The van der Waals surface area contributed by atoms with Crippen LogP contribution < -0.4 is 20.5 Å². The first-order valence-corrected chi connectivity index (χ1v) is 6.89. The Morgan fingerprint density at radius 2 is 2.10 bits per heavy atom. The maximum atomic E-state index is 11.6. The van der Waals surface area contributed by atoms with E-state index in [1.807, 2.05) is 6.92 Å². The van der Waals surface area contributed by atoms with Crippen LogP contribution >= 0.6 is 12.2 Å². The van der Waals surface area contributed by atoms with Crippen LogP contribution in [-0.4, -0.2) is 24.1 Å². The van der Waals surface area contributed by atoms with E-state index >= 15 is 0 Å². The Hall–Kier alpha value is -2.15. The monoisotopic (exact) mass is 309 g/mol. The van der Waals surface area contributed by atoms with Crippen LogP contribution in [0.2, 0.25) is 0 Å². The van der Waals surface area contributed by atoms with Crippen molar-refractivity contribution in [2.24, 2.45) is 0 Å². The minimum atomic E-state index is -1.31. The van der Waals surface area contributed by atoms with Gasteiger partial charge in [0.05, 0.1) is 18.8 Å². The number of carbonyl (C=O) groups excluding carboxylic acids is 2. The zero-order valence-corrected chi connectivity index (χ0v) is 12.7. The average Bonchev–Trinajstić information content (AvgIpc) is 2.44. The highest BCUT2D eigenvalue weighted by molar-refractivity contribution is 7.80. The molecule has 114 valence electrons. The molecule has 0 aliphatic carbocycles. The predicted octanol–water partition coefficient (Wildman–Crippen LogP) is 1.06. The first kappa shape index (κ1) is 16.9. The molecule has 1 aromatic rings. The van der Waals surface area contributed by atoms with E-state index in [2.05, 4.69) is 10.6 Å². The van der Waals surface area contributed by atoms with Gasteiger partial charge in [0.25, 0.3) is 0 Å². The number of carboxylic acid groups (broad SMARTS) is 1. The van der Waals surface area contributed by atoms with Gasteiger partial charge in [-0.3, -0.25) is 4.79 Å². The number of ether oxygens (including phenoxy) is 1. The molecule has 7 heteroatoms. The van der Waals surface area contributed by atoms with Gasteiger partial charge >= 0.3 is 0 Å². The van der Waals surface area contributed by atoms with Gasteiger partial charge in [-0.05, 0) is 42.4 Å². The molecule has 0 saturated heterocycles. The normalized spacial score (nSPS) is 9.81. The van der Waals surface area contributed by atoms with Gasteiger partial charge in [-0.2, -0.15) is 0 Å². The summed E-state index contributed by atoms with van der Waals surface area (Å²) < 4.78 is 5.10. The standard InChI is InChI=1S/C14H18N2O4S/c1-3-4-5-12(17)16-14(21)15-10-8-9(13(18)19)6-7-11(10)20-2/h6-8H,3-5H2,1-2H3,(H,18,19)(H2,15,16,17,21)/p-1. The summed E-state index contributed by atoms with van der Waals surface area (Å²) >= 11 is 5.02. The fraction of sp³-hybridized carbons (Fsp3) is 0.357. The lowest BCUT2D eigenvalue weighted by atomic mass is 10.2. The van der Waals surface area contributed by atoms with Crippen molar-refractivity contribution < 1.29 is 19.4 Å². The van der Waals surface area contributed by atoms with Crippen molar-refractivity contribution in [1.29, 1.82) is 0 Å². The molecule has 1 aromatic carbocycles. The van der Waals surface area contributed by atoms with Crippen LogP contribution in [0.25, 0.3) is 0 Å². The Morgan fingerprint density at radius 1 is 1.38 bits per heavy atom. The predicted molar refractivity (Wildman–Crippen MR) is 81.2 cm³/mol. The van der Waals surface area contributed by atoms with Gasteiger partial charge in [-0.1, -0.05) is 13.3 Å². The molecule has 0 radical (unpaired) electrons. The largest absolute Gasteiger partial charge is 0.545 e. The number of methoxy groups -OCH3 is 1. The summed E-state index contributed by atoms with van der Waals surface area (Å²) in [6, 6.07) is 4.18. The van der Waals surface area contributed by atoms with Gasteiger partial charge in [0.2, 0.25) is 5.91 Å². The van der Waals surface area contributed by atoms with E-state index in [1.165, 1.54) is 25.3 Å². The highest BCUT2D eigenvalue weighted by Gasteiger charge is 2.09. The highest BCUT2D eigenvalue weighted by Crippen LogP contribution is 2.25. The van der Waals surface area contributed by atoms with Crippen LogP contribution in [0, 0.1) is 0 Å². The number of thiocarbonyl (C=S) groups is 1. The Balaban J connectivity index is 2.76. The van der Waals surface area contributed by atoms with E-state index in [0.29, 0.717) is 17.9 Å². The van der Waals surface area contributed by atoms with Gasteiger partial charge in [0.15, 0.2) is 5.11 Å². The van der Waals surface area contributed by atoms with Crippen LogP contribution in [0.5, 0.6) is 5.75 Å². The summed E-state index contributed by atoms with van der Waals surface area (Å²) in [5, 5.41) is 16.2. The molecular weight excluding hydrogens is 292 g/mol. The highest BCUT2D eigenvalue weighted by atomic mass is 32.1. The number of hydrogen-bond acceptors (Lipinski definition) is 5. The van der Waals surface area contributed by atoms with E-state index < -0.39 is 5.97 Å². The molecule has 0 unspecified atom stereocenters. The van der Waals surface area contributed by atoms with E-state index in [0.717, 1.165) is 12.8 Å². The maximum absolute atomic E-state index is 11.6. The van der Waals surface area contributed by atoms with Crippen LogP contribution in [0.15, 0.2) is 18.2 Å². The average molecular weight is 309 g/mol. The lowest BCUT2D eigenvalue weighted by Crippen LogP contribution is -2.34. The first-order valence-electron chi connectivity index (χ1n) is 6.48. The second-order valence-electron chi connectivity index (χ2n) is 4.31. The summed E-state index contributed by atoms with van der Waals surface area (Å²) in [4.78, 5) is 22.4. The van der Waals surface area contributed by atoms with E-state index in [-0.39, 0.29) is 16.6 Å². The third kappa shape index (κ3) is 5.39. The molecule has 6 nitrogen and oxygen atoms in total. The molecule has 1 amide bonds. The van der Waals surface area contributed by atoms with E-state index in [9.17, 15) is 14.7 Å². The third-order valence-electron chi connectivity index (χ3n) is 2.69. The van der Waals surface area contributed by atoms with Crippen LogP contribution in [0.1, 0.15) is 36.5 Å². The van der Waals surface area contributed by atoms with Crippen molar-refractivity contribution >= 4 is 34.9 Å². The molecule has 0 aromatic heterocycles. The number of unbranched alkanes of at least 4 members (excludes halogenated alkanes) is 1. The molecule has 0 fully saturated rings. The number of aromatic carboxylic acids is 1. The molecule has 0 aliphatic heterocycles. The summed E-state index contributed by atoms with van der Waals surface area (Å²) in [6.45, 7) is 1.99. The Labute approximate surface area is 128 Å². The molecule has 0 heterocycles. The van der Waals surface area contributed by atoms with Gasteiger partial charge in [0, 0.05) is 6.42 Å². The van der Waals surface area contributed by atoms with Gasteiger partial charge in [-0.15, -0.1) is 0 Å². The molecule has 1 rings (SSSR count). The summed E-state index contributed by atoms with van der Waals surface area (Å²) in [6.07, 6.45) is 2.07. The molecule has 0 saturated carbocycles. The van der Waals surface area contributed by atoms with Crippen LogP contribution in [-0.2, 0) is 4.79 Å². The molecule has 0 atom stereocenters. The lowest BCUT2D eigenvalue weighted by Gasteiger charge is -2.14.